The van der Waals surface area contributed by atoms with Gasteiger partial charge < -0.3 is 5.11 Å². The molecule has 3 atom stereocenters. The van der Waals surface area contributed by atoms with Crippen LogP contribution < -0.4 is 0 Å². The molecular weight excluding hydrogens is 608 g/mol. The quantitative estimate of drug-likeness (QED) is 0.431. The Balaban J connectivity index is 2.69. The second-order valence-corrected chi connectivity index (χ2v) is 11.4. The Morgan fingerprint density at radius 1 is 1.19 bits per heavy atom. The molecule has 2 rings (SSSR count). The molecule has 0 aromatic rings. The number of fused-ring (bicyclic) bond motifs is 2. The second kappa shape index (κ2) is 4.04. The topological polar surface area (TPSA) is 37.3 Å². The Morgan fingerprint density at radius 2 is 1.69 bits per heavy atom. The maximum atomic E-state index is 11.3. The predicted molar refractivity (Wildman–Crippen MR) is 84.5 cm³/mol. The van der Waals surface area contributed by atoms with E-state index in [1.807, 2.05) is 0 Å². The van der Waals surface area contributed by atoms with Gasteiger partial charge in [0.25, 0.3) is 0 Å². The second-order valence-electron chi connectivity index (χ2n) is 3.81. The minimum absolute atomic E-state index is 0.481. The number of alkyl halides is 4. The van der Waals surface area contributed by atoms with Crippen molar-refractivity contribution in [1.82, 2.24) is 0 Å². The smallest absolute Gasteiger partial charge is 0.308 e. The van der Waals surface area contributed by atoms with Crippen LogP contribution in [0.4, 0.5) is 0 Å². The first-order chi connectivity index (χ1) is 7.10. The summed E-state index contributed by atoms with van der Waals surface area (Å²) in [7, 11) is 0. The average Bonchev–Trinajstić information content (AvgIpc) is 2.39. The van der Waals surface area contributed by atoms with Gasteiger partial charge in [-0.05, 0) is 6.42 Å². The highest BCUT2D eigenvalue weighted by Crippen LogP contribution is 2.77. The third-order valence-electron chi connectivity index (χ3n) is 3.08. The first-order valence-corrected chi connectivity index (χ1v) is 8.91. The first kappa shape index (κ1) is 14.5. The van der Waals surface area contributed by atoms with E-state index in [0.29, 0.717) is 6.42 Å². The Labute approximate surface area is 143 Å². The molecule has 0 saturated heterocycles. The Kier molecular flexibility index (Phi) is 3.66. The van der Waals surface area contributed by atoms with Crippen LogP contribution in [0.15, 0.2) is 8.96 Å². The van der Waals surface area contributed by atoms with Crippen LogP contribution in [0.5, 0.6) is 0 Å². The van der Waals surface area contributed by atoms with Gasteiger partial charge in [-0.1, -0.05) is 95.6 Å². The van der Waals surface area contributed by atoms with E-state index in [0.717, 1.165) is 8.96 Å². The molecule has 0 amide bonds. The SMILES string of the molecule is O=C(O)C1CC2(Br)C(Br)=C(Br)C1(Br)C2(Br)Br. The van der Waals surface area contributed by atoms with Crippen LogP contribution >= 0.6 is 95.6 Å². The molecule has 0 aromatic heterocycles. The Morgan fingerprint density at radius 3 is 2.00 bits per heavy atom. The number of rotatable bonds is 1. The lowest BCUT2D eigenvalue weighted by Crippen LogP contribution is -2.44. The number of carbonyl (C=O) groups is 1. The van der Waals surface area contributed by atoms with Gasteiger partial charge in [-0.25, -0.2) is 0 Å². The van der Waals surface area contributed by atoms with Gasteiger partial charge in [0.2, 0.25) is 0 Å². The largest absolute Gasteiger partial charge is 0.481 e. The number of carboxylic acids is 1. The van der Waals surface area contributed by atoms with Crippen molar-refractivity contribution >= 4 is 102 Å². The lowest BCUT2D eigenvalue weighted by atomic mass is 9.93. The van der Waals surface area contributed by atoms with E-state index < -0.39 is 23.8 Å². The summed E-state index contributed by atoms with van der Waals surface area (Å²) in [5.74, 6) is -1.35. The minimum Gasteiger partial charge on any atom is -0.481 e. The van der Waals surface area contributed by atoms with Gasteiger partial charge >= 0.3 is 5.97 Å². The molecule has 0 spiro atoms. The fourth-order valence-corrected chi connectivity index (χ4v) is 9.11. The van der Waals surface area contributed by atoms with Crippen molar-refractivity contribution in [2.45, 2.75) is 18.3 Å². The highest BCUT2D eigenvalue weighted by molar-refractivity contribution is 9.27. The summed E-state index contributed by atoms with van der Waals surface area (Å²) in [4.78, 5) is 11.3. The van der Waals surface area contributed by atoms with E-state index >= 15 is 0 Å². The van der Waals surface area contributed by atoms with Gasteiger partial charge in [0.15, 0.2) is 0 Å². The standard InChI is InChI=1S/C8H4Br6O2/c9-3-4(10)7(12)2(5(15)16)1-6(3,11)8(7,13)14/h2H,1H2,(H,15,16). The van der Waals surface area contributed by atoms with Crippen LogP contribution in [0.1, 0.15) is 6.42 Å². The van der Waals surface area contributed by atoms with E-state index in [1.165, 1.54) is 0 Å². The lowest BCUT2D eigenvalue weighted by molar-refractivity contribution is -0.141. The van der Waals surface area contributed by atoms with Crippen molar-refractivity contribution in [2.24, 2.45) is 5.92 Å². The minimum atomic E-state index is -0.821. The molecular formula is C8H4Br6O2. The van der Waals surface area contributed by atoms with Crippen LogP contribution in [0.3, 0.4) is 0 Å². The van der Waals surface area contributed by atoms with E-state index in [4.69, 9.17) is 0 Å². The third kappa shape index (κ3) is 1.40. The number of allylic oxidation sites excluding steroid dienone is 2. The van der Waals surface area contributed by atoms with Crippen LogP contribution in [0.2, 0.25) is 0 Å². The lowest BCUT2D eigenvalue weighted by Gasteiger charge is -2.34. The van der Waals surface area contributed by atoms with Crippen LogP contribution in [0, 0.1) is 5.92 Å². The number of carboxylic acid groups (broad SMARTS) is 1. The molecule has 2 nitrogen and oxygen atoms in total. The molecule has 2 bridgehead atoms. The summed E-state index contributed by atoms with van der Waals surface area (Å²) >= 11 is 21.4. The van der Waals surface area contributed by atoms with E-state index in [1.54, 1.807) is 0 Å². The zero-order valence-corrected chi connectivity index (χ0v) is 16.9. The summed E-state index contributed by atoms with van der Waals surface area (Å²) in [5, 5.41) is 9.30. The highest BCUT2D eigenvalue weighted by Gasteiger charge is 2.77. The first-order valence-electron chi connectivity index (χ1n) is 4.15. The summed E-state index contributed by atoms with van der Waals surface area (Å²) in [5.41, 5.74) is 0. The number of halogens is 6. The summed E-state index contributed by atoms with van der Waals surface area (Å²) in [6.07, 6.45) is 0.486. The van der Waals surface area contributed by atoms with Crippen molar-refractivity contribution in [3.05, 3.63) is 8.96 Å². The molecule has 8 heteroatoms. The molecule has 0 heterocycles. The summed E-state index contributed by atoms with van der Waals surface area (Å²) in [6, 6.07) is 0. The number of aliphatic carboxylic acids is 1. The molecule has 0 radical (unpaired) electrons. The van der Waals surface area contributed by atoms with Crippen molar-refractivity contribution < 1.29 is 9.90 Å². The average molecular weight is 612 g/mol. The van der Waals surface area contributed by atoms with Crippen LogP contribution in [-0.4, -0.2) is 23.0 Å². The molecule has 1 saturated carbocycles. The van der Waals surface area contributed by atoms with Gasteiger partial charge in [0.1, 0.15) is 3.23 Å². The van der Waals surface area contributed by atoms with Crippen LogP contribution in [0.25, 0.3) is 0 Å². The van der Waals surface area contributed by atoms with Crippen molar-refractivity contribution in [1.29, 1.82) is 0 Å². The fourth-order valence-electron chi connectivity index (χ4n) is 2.17. The van der Waals surface area contributed by atoms with Gasteiger partial charge in [-0.2, -0.15) is 0 Å². The Bertz CT molecular complexity index is 419. The normalized spacial score (nSPS) is 45.2. The molecule has 90 valence electrons. The zero-order chi connectivity index (χ0) is 12.5. The highest BCUT2D eigenvalue weighted by atomic mass is 79.9. The molecule has 2 aliphatic carbocycles. The Hall–Kier alpha value is 2.09. The number of hydrogen-bond acceptors (Lipinski definition) is 1. The monoisotopic (exact) mass is 606 g/mol. The van der Waals surface area contributed by atoms with E-state index in [-0.39, 0.29) is 0 Å². The zero-order valence-electron chi connectivity index (χ0n) is 7.41. The third-order valence-corrected chi connectivity index (χ3v) is 14.4. The van der Waals surface area contributed by atoms with Gasteiger partial charge in [-0.15, -0.1) is 0 Å². The van der Waals surface area contributed by atoms with E-state index in [2.05, 4.69) is 95.6 Å². The molecule has 3 unspecified atom stereocenters. The number of hydrogen-bond donors (Lipinski definition) is 1. The predicted octanol–water partition coefficient (Wildman–Crippen LogP) is 4.86. The van der Waals surface area contributed by atoms with Crippen molar-refractivity contribution in [3.8, 4) is 0 Å². The summed E-state index contributed by atoms with van der Waals surface area (Å²) < 4.78 is -0.0623. The molecule has 0 aliphatic heterocycles. The molecule has 1 fully saturated rings. The maximum Gasteiger partial charge on any atom is 0.308 e. The van der Waals surface area contributed by atoms with Crippen molar-refractivity contribution in [2.75, 3.05) is 0 Å². The van der Waals surface area contributed by atoms with Gasteiger partial charge in [0, 0.05) is 8.96 Å². The van der Waals surface area contributed by atoms with Crippen molar-refractivity contribution in [3.63, 3.8) is 0 Å². The van der Waals surface area contributed by atoms with Gasteiger partial charge in [0.05, 0.1) is 14.6 Å². The molecule has 2 aliphatic rings. The molecule has 16 heavy (non-hydrogen) atoms. The molecule has 0 aromatic carbocycles. The van der Waals surface area contributed by atoms with Crippen LogP contribution in [-0.2, 0) is 4.79 Å². The molecule has 1 N–H and O–H groups in total. The van der Waals surface area contributed by atoms with E-state index in [9.17, 15) is 9.90 Å². The summed E-state index contributed by atoms with van der Waals surface area (Å²) in [6.45, 7) is 0. The maximum absolute atomic E-state index is 11.3. The fraction of sp³-hybridized carbons (Fsp3) is 0.625. The van der Waals surface area contributed by atoms with Gasteiger partial charge in [-0.3, -0.25) is 4.79 Å².